The number of hydrogen-bond acceptors (Lipinski definition) is 3. The highest BCUT2D eigenvalue weighted by atomic mass is 32.1. The van der Waals surface area contributed by atoms with Gasteiger partial charge in [0.1, 0.15) is 6.10 Å². The molecule has 0 spiro atoms. The Labute approximate surface area is 93.2 Å². The fourth-order valence-corrected chi connectivity index (χ4v) is 2.30. The summed E-state index contributed by atoms with van der Waals surface area (Å²) in [4.78, 5) is 6.36. The van der Waals surface area contributed by atoms with Crippen LogP contribution < -0.4 is 0 Å². The van der Waals surface area contributed by atoms with Gasteiger partial charge in [0, 0.05) is 27.2 Å². The Hall–Kier alpha value is -1.19. The lowest BCUT2D eigenvalue weighted by atomic mass is 10.1. The van der Waals surface area contributed by atoms with Gasteiger partial charge in [-0.15, -0.1) is 11.3 Å². The van der Waals surface area contributed by atoms with Crippen molar-refractivity contribution in [2.24, 2.45) is 0 Å². The minimum absolute atomic E-state index is 0.545. The molecule has 0 fully saturated rings. The smallest absolute Gasteiger partial charge is 0.115 e. The summed E-state index contributed by atoms with van der Waals surface area (Å²) in [5, 5.41) is 10.1. The molecule has 2 rings (SSSR count). The summed E-state index contributed by atoms with van der Waals surface area (Å²) in [5.74, 6) is 0. The molecule has 1 atom stereocenters. The molecule has 78 valence electrons. The van der Waals surface area contributed by atoms with Crippen molar-refractivity contribution < 1.29 is 5.11 Å². The first kappa shape index (κ1) is 10.3. The monoisotopic (exact) mass is 219 g/mol. The molecule has 2 aromatic rings. The Balaban J connectivity index is 2.28. The van der Waals surface area contributed by atoms with Crippen LogP contribution in [0.2, 0.25) is 0 Å². The molecule has 2 aromatic heterocycles. The summed E-state index contributed by atoms with van der Waals surface area (Å²) in [6.45, 7) is 3.97. The Kier molecular flexibility index (Phi) is 2.84. The minimum atomic E-state index is -0.545. The molecule has 3 heteroatoms. The van der Waals surface area contributed by atoms with Crippen LogP contribution in [0.25, 0.3) is 0 Å². The summed E-state index contributed by atoms with van der Waals surface area (Å²) >= 11 is 1.62. The van der Waals surface area contributed by atoms with Crippen LogP contribution in [0.3, 0.4) is 0 Å². The van der Waals surface area contributed by atoms with Crippen LogP contribution in [0.5, 0.6) is 0 Å². The number of hydrogen-bond donors (Lipinski definition) is 1. The maximum absolute atomic E-state index is 10.1. The topological polar surface area (TPSA) is 33.1 Å². The summed E-state index contributed by atoms with van der Waals surface area (Å²) in [6.07, 6.45) is 1.19. The molecule has 1 N–H and O–H groups in total. The predicted molar refractivity (Wildman–Crippen MR) is 62.1 cm³/mol. The van der Waals surface area contributed by atoms with E-state index in [1.165, 1.54) is 4.88 Å². The first-order valence-electron chi connectivity index (χ1n) is 4.84. The third kappa shape index (κ3) is 2.25. The van der Waals surface area contributed by atoms with Crippen LogP contribution in [0.15, 0.2) is 30.5 Å². The van der Waals surface area contributed by atoms with E-state index in [-0.39, 0.29) is 0 Å². The Bertz CT molecular complexity index is 447. The number of aryl methyl sites for hydroxylation is 2. The van der Waals surface area contributed by atoms with Crippen molar-refractivity contribution in [1.29, 1.82) is 0 Å². The van der Waals surface area contributed by atoms with Crippen molar-refractivity contribution in [1.82, 2.24) is 4.98 Å². The van der Waals surface area contributed by atoms with E-state index in [1.807, 2.05) is 38.1 Å². The number of aliphatic hydroxyl groups is 1. The zero-order chi connectivity index (χ0) is 10.8. The van der Waals surface area contributed by atoms with Crippen LogP contribution in [0.4, 0.5) is 0 Å². The quantitative estimate of drug-likeness (QED) is 0.842. The number of nitrogens with zero attached hydrogens (tertiary/aromatic N) is 1. The zero-order valence-corrected chi connectivity index (χ0v) is 9.58. The van der Waals surface area contributed by atoms with Gasteiger partial charge in [0.25, 0.3) is 0 Å². The van der Waals surface area contributed by atoms with Crippen LogP contribution in [0.1, 0.15) is 27.1 Å². The van der Waals surface area contributed by atoms with E-state index in [1.54, 1.807) is 17.5 Å². The first-order valence-corrected chi connectivity index (χ1v) is 5.65. The number of aliphatic hydroxyl groups excluding tert-OH is 1. The van der Waals surface area contributed by atoms with Crippen molar-refractivity contribution in [3.05, 3.63) is 51.5 Å². The molecule has 1 unspecified atom stereocenters. The van der Waals surface area contributed by atoms with Gasteiger partial charge in [0.15, 0.2) is 0 Å². The molecular formula is C12H13NOS. The number of pyridine rings is 1. The van der Waals surface area contributed by atoms with E-state index in [0.717, 1.165) is 16.1 Å². The van der Waals surface area contributed by atoms with Gasteiger partial charge >= 0.3 is 0 Å². The lowest BCUT2D eigenvalue weighted by Gasteiger charge is -2.08. The van der Waals surface area contributed by atoms with Gasteiger partial charge in [-0.3, -0.25) is 4.98 Å². The van der Waals surface area contributed by atoms with Crippen LogP contribution >= 0.6 is 11.3 Å². The molecule has 0 aliphatic heterocycles. The molecule has 2 heterocycles. The predicted octanol–water partition coefficient (Wildman–Crippen LogP) is 2.84. The second kappa shape index (κ2) is 4.13. The van der Waals surface area contributed by atoms with Crippen LogP contribution in [-0.4, -0.2) is 10.1 Å². The molecule has 0 saturated carbocycles. The lowest BCUT2D eigenvalue weighted by molar-refractivity contribution is 0.223. The van der Waals surface area contributed by atoms with Crippen molar-refractivity contribution in [3.63, 3.8) is 0 Å². The van der Waals surface area contributed by atoms with Gasteiger partial charge in [-0.25, -0.2) is 0 Å². The van der Waals surface area contributed by atoms with Crippen LogP contribution in [0, 0.1) is 13.8 Å². The van der Waals surface area contributed by atoms with E-state index >= 15 is 0 Å². The summed E-state index contributed by atoms with van der Waals surface area (Å²) in [7, 11) is 0. The highest BCUT2D eigenvalue weighted by Crippen LogP contribution is 2.27. The van der Waals surface area contributed by atoms with Gasteiger partial charge < -0.3 is 5.11 Å². The second-order valence-electron chi connectivity index (χ2n) is 3.58. The Morgan fingerprint density at radius 2 is 2.00 bits per heavy atom. The maximum atomic E-state index is 10.1. The Morgan fingerprint density at radius 1 is 1.20 bits per heavy atom. The summed E-state index contributed by atoms with van der Waals surface area (Å²) < 4.78 is 0. The fourth-order valence-electron chi connectivity index (χ4n) is 1.41. The van der Waals surface area contributed by atoms with Gasteiger partial charge in [-0.2, -0.15) is 0 Å². The molecule has 0 aliphatic rings. The Morgan fingerprint density at radius 3 is 2.53 bits per heavy atom. The van der Waals surface area contributed by atoms with E-state index < -0.39 is 6.10 Å². The van der Waals surface area contributed by atoms with Crippen molar-refractivity contribution in [2.45, 2.75) is 20.0 Å². The summed E-state index contributed by atoms with van der Waals surface area (Å²) in [6, 6.07) is 7.82. The van der Waals surface area contributed by atoms with Gasteiger partial charge in [0.2, 0.25) is 0 Å². The second-order valence-corrected chi connectivity index (χ2v) is 4.90. The van der Waals surface area contributed by atoms with Gasteiger partial charge in [-0.1, -0.05) is 6.07 Å². The normalized spacial score (nSPS) is 12.7. The molecular weight excluding hydrogens is 206 g/mol. The van der Waals surface area contributed by atoms with E-state index in [9.17, 15) is 5.11 Å². The van der Waals surface area contributed by atoms with Crippen LogP contribution in [-0.2, 0) is 0 Å². The largest absolute Gasteiger partial charge is 0.383 e. The van der Waals surface area contributed by atoms with Gasteiger partial charge in [0.05, 0.1) is 0 Å². The molecule has 0 amide bonds. The standard InChI is InChI=1S/C12H13NOS/c1-8-3-5-10(7-13-8)12(14)11-6-4-9(2)15-11/h3-7,12,14H,1-2H3. The molecule has 0 saturated heterocycles. The zero-order valence-electron chi connectivity index (χ0n) is 8.77. The average molecular weight is 219 g/mol. The molecule has 0 aromatic carbocycles. The molecule has 0 aliphatic carbocycles. The molecule has 0 radical (unpaired) electrons. The van der Waals surface area contributed by atoms with Crippen molar-refractivity contribution in [3.8, 4) is 0 Å². The van der Waals surface area contributed by atoms with E-state index in [0.29, 0.717) is 0 Å². The molecule has 2 nitrogen and oxygen atoms in total. The van der Waals surface area contributed by atoms with E-state index in [2.05, 4.69) is 4.98 Å². The number of aromatic nitrogens is 1. The highest BCUT2D eigenvalue weighted by molar-refractivity contribution is 7.12. The number of thiophene rings is 1. The van der Waals surface area contributed by atoms with Crippen molar-refractivity contribution >= 4 is 11.3 Å². The molecule has 0 bridgehead atoms. The lowest BCUT2D eigenvalue weighted by Crippen LogP contribution is -1.97. The SMILES string of the molecule is Cc1ccc(C(O)c2ccc(C)s2)cn1. The number of rotatable bonds is 2. The average Bonchev–Trinajstić information content (AvgIpc) is 2.65. The maximum Gasteiger partial charge on any atom is 0.115 e. The molecule has 15 heavy (non-hydrogen) atoms. The van der Waals surface area contributed by atoms with Gasteiger partial charge in [-0.05, 0) is 32.0 Å². The van der Waals surface area contributed by atoms with E-state index in [4.69, 9.17) is 0 Å². The fraction of sp³-hybridized carbons (Fsp3) is 0.250. The van der Waals surface area contributed by atoms with Crippen molar-refractivity contribution in [2.75, 3.05) is 0 Å². The first-order chi connectivity index (χ1) is 7.16. The third-order valence-corrected chi connectivity index (χ3v) is 3.33. The minimum Gasteiger partial charge on any atom is -0.383 e. The highest BCUT2D eigenvalue weighted by Gasteiger charge is 2.12. The summed E-state index contributed by atoms with van der Waals surface area (Å²) in [5.41, 5.74) is 1.82. The third-order valence-electron chi connectivity index (χ3n) is 2.28.